The number of nitrogens with one attached hydrogen (secondary N) is 2. The molecule has 0 radical (unpaired) electrons. The second-order valence-corrected chi connectivity index (χ2v) is 10.8. The molecule has 4 heterocycles. The molecule has 198 valence electrons. The molecule has 0 spiro atoms. The molecule has 1 atom stereocenters. The van der Waals surface area contributed by atoms with Crippen LogP contribution >= 0.6 is 11.3 Å². The number of aryl methyl sites for hydroxylation is 1. The second kappa shape index (κ2) is 10.5. The minimum Gasteiger partial charge on any atom is -0.457 e. The van der Waals surface area contributed by atoms with E-state index in [0.717, 1.165) is 62.9 Å². The summed E-state index contributed by atoms with van der Waals surface area (Å²) in [5.41, 5.74) is 3.32. The molecular formula is C30H29N5O3S. The summed E-state index contributed by atoms with van der Waals surface area (Å²) in [7, 11) is 0. The number of urea groups is 1. The molecule has 9 heteroatoms. The Kier molecular flexibility index (Phi) is 6.76. The first-order chi connectivity index (χ1) is 19.0. The van der Waals surface area contributed by atoms with E-state index in [2.05, 4.69) is 22.2 Å². The number of piperidine rings is 1. The molecule has 1 saturated heterocycles. The third-order valence-electron chi connectivity index (χ3n) is 7.17. The van der Waals surface area contributed by atoms with Gasteiger partial charge in [0.15, 0.2) is 0 Å². The van der Waals surface area contributed by atoms with Crippen LogP contribution in [0.3, 0.4) is 0 Å². The van der Waals surface area contributed by atoms with Crippen molar-refractivity contribution < 1.29 is 14.3 Å². The second-order valence-electron chi connectivity index (χ2n) is 9.75. The molecule has 2 aromatic carbocycles. The van der Waals surface area contributed by atoms with Crippen molar-refractivity contribution in [2.24, 2.45) is 0 Å². The number of benzene rings is 2. The van der Waals surface area contributed by atoms with Crippen LogP contribution in [0.2, 0.25) is 0 Å². The summed E-state index contributed by atoms with van der Waals surface area (Å²) in [5.74, 6) is 1.43. The maximum absolute atomic E-state index is 13.5. The maximum Gasteiger partial charge on any atom is 0.331 e. The summed E-state index contributed by atoms with van der Waals surface area (Å²) in [4.78, 5) is 35.7. The van der Waals surface area contributed by atoms with Gasteiger partial charge in [0.2, 0.25) is 5.91 Å². The highest BCUT2D eigenvalue weighted by molar-refractivity contribution is 7.19. The quantitative estimate of drug-likeness (QED) is 0.267. The minimum absolute atomic E-state index is 0.0328. The summed E-state index contributed by atoms with van der Waals surface area (Å²) < 4.78 is 5.99. The summed E-state index contributed by atoms with van der Waals surface area (Å²) in [6, 6.07) is 17.2. The van der Waals surface area contributed by atoms with Crippen molar-refractivity contribution in [3.8, 4) is 11.5 Å². The van der Waals surface area contributed by atoms with Crippen LogP contribution in [0.15, 0.2) is 73.4 Å². The van der Waals surface area contributed by atoms with Gasteiger partial charge < -0.3 is 20.3 Å². The standard InChI is InChI=1S/C30H29N5O3S/c1-3-26(36)34-15-7-8-20(18-34)32-17-25-28-27-24(13-14-31-29(27)39-25)35(30(37)33-28)23-12-11-22(16-19(23)2)38-21-9-5-4-6-10-21/h3-6,9-14,16,20,32H,1,7-8,15,17-18H2,2H3,(H,33,37)/t20-/m1/s1. The number of aromatic nitrogens is 1. The lowest BCUT2D eigenvalue weighted by Crippen LogP contribution is -2.47. The Morgan fingerprint density at radius 3 is 2.85 bits per heavy atom. The average Bonchev–Trinajstić information content (AvgIpc) is 3.31. The number of thiophene rings is 1. The third kappa shape index (κ3) is 4.86. The molecule has 2 aromatic heterocycles. The van der Waals surface area contributed by atoms with Crippen molar-refractivity contribution in [3.05, 3.63) is 83.9 Å². The van der Waals surface area contributed by atoms with Gasteiger partial charge in [-0.15, -0.1) is 11.3 Å². The SMILES string of the molecule is C=CC(=O)N1CCC[C@@H](NCc2sc3nccc4c3c2NC(=O)N4c2ccc(Oc3ccccc3)cc2C)C1. The average molecular weight is 540 g/mol. The topological polar surface area (TPSA) is 86.8 Å². The number of carbonyl (C=O) groups is 2. The van der Waals surface area contributed by atoms with Crippen molar-refractivity contribution in [2.75, 3.05) is 23.3 Å². The summed E-state index contributed by atoms with van der Waals surface area (Å²) in [6.07, 6.45) is 5.07. The van der Waals surface area contributed by atoms with E-state index in [1.54, 1.807) is 22.4 Å². The number of para-hydroxylation sites is 1. The molecule has 1 fully saturated rings. The number of nitrogens with zero attached hydrogens (tertiary/aromatic N) is 3. The fraction of sp³-hybridized carbons (Fsp3) is 0.233. The third-order valence-corrected chi connectivity index (χ3v) is 8.26. The normalized spacial score (nSPS) is 16.7. The van der Waals surface area contributed by atoms with Gasteiger partial charge in [-0.1, -0.05) is 24.8 Å². The summed E-state index contributed by atoms with van der Waals surface area (Å²) in [6.45, 7) is 7.58. The van der Waals surface area contributed by atoms with E-state index in [0.29, 0.717) is 18.8 Å². The Morgan fingerprint density at radius 2 is 2.05 bits per heavy atom. The van der Waals surface area contributed by atoms with Crippen LogP contribution in [0.1, 0.15) is 23.3 Å². The monoisotopic (exact) mass is 539 g/mol. The number of ether oxygens (including phenoxy) is 1. The summed E-state index contributed by atoms with van der Waals surface area (Å²) >= 11 is 1.58. The van der Waals surface area contributed by atoms with Crippen LogP contribution in [0.25, 0.3) is 10.2 Å². The Balaban J connectivity index is 1.26. The van der Waals surface area contributed by atoms with E-state index in [9.17, 15) is 9.59 Å². The number of pyridine rings is 1. The smallest absolute Gasteiger partial charge is 0.331 e. The molecule has 0 bridgehead atoms. The Morgan fingerprint density at radius 1 is 1.21 bits per heavy atom. The van der Waals surface area contributed by atoms with Gasteiger partial charge in [-0.25, -0.2) is 9.78 Å². The summed E-state index contributed by atoms with van der Waals surface area (Å²) in [5, 5.41) is 7.67. The molecule has 0 saturated carbocycles. The predicted octanol–water partition coefficient (Wildman–Crippen LogP) is 6.35. The Labute approximate surface area is 230 Å². The highest BCUT2D eigenvalue weighted by atomic mass is 32.1. The first-order valence-corrected chi connectivity index (χ1v) is 13.8. The number of hydrogen-bond donors (Lipinski definition) is 2. The van der Waals surface area contributed by atoms with Gasteiger partial charge >= 0.3 is 6.03 Å². The maximum atomic E-state index is 13.5. The number of likely N-dealkylation sites (tertiary alicyclic amines) is 1. The van der Waals surface area contributed by atoms with E-state index < -0.39 is 0 Å². The zero-order chi connectivity index (χ0) is 26.9. The lowest BCUT2D eigenvalue weighted by molar-refractivity contribution is -0.127. The molecule has 2 N–H and O–H groups in total. The Hall–Kier alpha value is -4.21. The fourth-order valence-corrected chi connectivity index (χ4v) is 6.35. The fourth-order valence-electron chi connectivity index (χ4n) is 5.28. The molecule has 4 aromatic rings. The number of anilines is 3. The van der Waals surface area contributed by atoms with E-state index in [1.165, 1.54) is 6.08 Å². The van der Waals surface area contributed by atoms with Gasteiger partial charge in [-0.2, -0.15) is 0 Å². The molecule has 39 heavy (non-hydrogen) atoms. The van der Waals surface area contributed by atoms with Crippen LogP contribution < -0.4 is 20.3 Å². The van der Waals surface area contributed by atoms with Crippen molar-refractivity contribution in [1.82, 2.24) is 15.2 Å². The molecule has 3 amide bonds. The van der Waals surface area contributed by atoms with E-state index in [4.69, 9.17) is 4.74 Å². The number of amides is 3. The van der Waals surface area contributed by atoms with Gasteiger partial charge in [0, 0.05) is 36.8 Å². The van der Waals surface area contributed by atoms with Crippen LogP contribution in [-0.2, 0) is 11.3 Å². The van der Waals surface area contributed by atoms with Gasteiger partial charge in [0.25, 0.3) is 0 Å². The molecule has 2 aliphatic rings. The number of carbonyl (C=O) groups excluding carboxylic acids is 2. The van der Waals surface area contributed by atoms with Crippen LogP contribution in [0.4, 0.5) is 21.9 Å². The zero-order valence-corrected chi connectivity index (χ0v) is 22.5. The van der Waals surface area contributed by atoms with Crippen LogP contribution in [0, 0.1) is 6.92 Å². The van der Waals surface area contributed by atoms with Crippen molar-refractivity contribution in [1.29, 1.82) is 0 Å². The molecule has 6 rings (SSSR count). The van der Waals surface area contributed by atoms with Gasteiger partial charge in [0.1, 0.15) is 16.3 Å². The molecule has 8 nitrogen and oxygen atoms in total. The highest BCUT2D eigenvalue weighted by Gasteiger charge is 2.32. The van der Waals surface area contributed by atoms with Gasteiger partial charge in [0.05, 0.1) is 22.4 Å². The minimum atomic E-state index is -0.213. The predicted molar refractivity (Wildman–Crippen MR) is 155 cm³/mol. The molecule has 0 unspecified atom stereocenters. The molecule has 0 aliphatic carbocycles. The van der Waals surface area contributed by atoms with E-state index >= 15 is 0 Å². The van der Waals surface area contributed by atoms with E-state index in [-0.39, 0.29) is 18.0 Å². The van der Waals surface area contributed by atoms with Gasteiger partial charge in [-0.05, 0) is 67.8 Å². The van der Waals surface area contributed by atoms with Crippen LogP contribution in [-0.4, -0.2) is 41.0 Å². The zero-order valence-electron chi connectivity index (χ0n) is 21.6. The van der Waals surface area contributed by atoms with Crippen molar-refractivity contribution in [2.45, 2.75) is 32.4 Å². The van der Waals surface area contributed by atoms with E-state index in [1.807, 2.05) is 66.4 Å². The van der Waals surface area contributed by atoms with Crippen molar-refractivity contribution in [3.63, 3.8) is 0 Å². The number of rotatable bonds is 7. The van der Waals surface area contributed by atoms with Crippen LogP contribution in [0.5, 0.6) is 11.5 Å². The van der Waals surface area contributed by atoms with Crippen molar-refractivity contribution >= 4 is 50.6 Å². The Bertz CT molecular complexity index is 1570. The first-order valence-electron chi connectivity index (χ1n) is 13.0. The largest absolute Gasteiger partial charge is 0.457 e. The highest BCUT2D eigenvalue weighted by Crippen LogP contribution is 2.46. The number of hydrogen-bond acceptors (Lipinski definition) is 6. The lowest BCUT2D eigenvalue weighted by Gasteiger charge is -2.33. The lowest BCUT2D eigenvalue weighted by atomic mass is 10.1. The molecule has 2 aliphatic heterocycles. The first kappa shape index (κ1) is 25.1. The molecular weight excluding hydrogens is 510 g/mol. The van der Waals surface area contributed by atoms with Gasteiger partial charge in [-0.3, -0.25) is 9.69 Å².